The number of fused-ring (bicyclic) bond motifs is 1. The Kier molecular flexibility index (Phi) is 7.78. The van der Waals surface area contributed by atoms with Crippen molar-refractivity contribution >= 4 is 28.8 Å². The first kappa shape index (κ1) is 28.5. The lowest BCUT2D eigenvalue weighted by Gasteiger charge is -2.39. The molecule has 1 unspecified atom stereocenters. The van der Waals surface area contributed by atoms with Gasteiger partial charge in [-0.05, 0) is 90.8 Å². The molecule has 2 fully saturated rings. The van der Waals surface area contributed by atoms with Gasteiger partial charge < -0.3 is 14.9 Å². The first-order valence-corrected chi connectivity index (χ1v) is 15.7. The summed E-state index contributed by atoms with van der Waals surface area (Å²) in [6.45, 7) is 2.98. The third-order valence-corrected chi connectivity index (χ3v) is 9.33. The number of halogens is 1. The molecule has 5 aromatic rings. The maximum absolute atomic E-state index is 13.2. The Morgan fingerprint density at radius 1 is 0.955 bits per heavy atom. The highest BCUT2D eigenvalue weighted by molar-refractivity contribution is 6.30. The molecule has 0 bridgehead atoms. The molecule has 5 heterocycles. The summed E-state index contributed by atoms with van der Waals surface area (Å²) in [4.78, 5) is 26.6. The SMILES string of the molecule is O=C(c1ccc(Cc2nc3c(N4CCC(O)(c5ccc(Cl)cc5)CC4)cccn3n2)cc1)N1CCC(Cc2cccnc2)C1. The number of hydrogen-bond donors (Lipinski definition) is 1. The second-order valence-electron chi connectivity index (χ2n) is 12.1. The number of aliphatic hydroxyl groups is 1. The van der Waals surface area contributed by atoms with E-state index in [2.05, 4.69) is 22.0 Å². The average molecular weight is 607 g/mol. The minimum absolute atomic E-state index is 0.0882. The van der Waals surface area contributed by atoms with Gasteiger partial charge in [0, 0.05) is 61.8 Å². The molecule has 2 saturated heterocycles. The molecule has 0 spiro atoms. The molecular formula is C35H35ClN6O2. The second kappa shape index (κ2) is 12.0. The van der Waals surface area contributed by atoms with Gasteiger partial charge in [0.2, 0.25) is 0 Å². The Morgan fingerprint density at radius 3 is 2.50 bits per heavy atom. The Bertz CT molecular complexity index is 1750. The van der Waals surface area contributed by atoms with Crippen molar-refractivity contribution in [1.82, 2.24) is 24.5 Å². The zero-order valence-corrected chi connectivity index (χ0v) is 25.3. The fraction of sp³-hybridized carbons (Fsp3) is 0.314. The topological polar surface area (TPSA) is 86.9 Å². The van der Waals surface area contributed by atoms with Gasteiger partial charge in [-0.3, -0.25) is 9.78 Å². The highest BCUT2D eigenvalue weighted by Gasteiger charge is 2.35. The van der Waals surface area contributed by atoms with E-state index in [1.807, 2.05) is 82.5 Å². The summed E-state index contributed by atoms with van der Waals surface area (Å²) in [5.41, 5.74) is 4.85. The molecule has 1 atom stereocenters. The number of carbonyl (C=O) groups excluding carboxylic acids is 1. The van der Waals surface area contributed by atoms with Crippen LogP contribution in [0, 0.1) is 5.92 Å². The van der Waals surface area contributed by atoms with Crippen LogP contribution >= 0.6 is 11.6 Å². The Hall–Kier alpha value is -4.27. The fourth-order valence-corrected chi connectivity index (χ4v) is 6.72. The van der Waals surface area contributed by atoms with Crippen molar-refractivity contribution in [3.8, 4) is 0 Å². The van der Waals surface area contributed by atoms with Gasteiger partial charge in [0.1, 0.15) is 0 Å². The zero-order valence-electron chi connectivity index (χ0n) is 24.5. The molecule has 8 nitrogen and oxygen atoms in total. The van der Waals surface area contributed by atoms with E-state index in [1.165, 1.54) is 5.56 Å². The number of anilines is 1. The number of piperidine rings is 1. The Labute approximate surface area is 261 Å². The third kappa shape index (κ3) is 5.92. The van der Waals surface area contributed by atoms with Crippen molar-refractivity contribution < 1.29 is 9.90 Å². The number of hydrogen-bond acceptors (Lipinski definition) is 6. The van der Waals surface area contributed by atoms with Crippen LogP contribution in [0.2, 0.25) is 5.02 Å². The minimum Gasteiger partial charge on any atom is -0.385 e. The van der Waals surface area contributed by atoms with E-state index in [9.17, 15) is 9.90 Å². The molecule has 1 N–H and O–H groups in total. The Balaban J connectivity index is 0.989. The lowest BCUT2D eigenvalue weighted by molar-refractivity contribution is 0.0118. The lowest BCUT2D eigenvalue weighted by atomic mass is 9.84. The summed E-state index contributed by atoms with van der Waals surface area (Å²) in [5.74, 6) is 1.28. The molecule has 1 amide bonds. The van der Waals surface area contributed by atoms with Crippen molar-refractivity contribution in [2.24, 2.45) is 5.92 Å². The van der Waals surface area contributed by atoms with Gasteiger partial charge >= 0.3 is 0 Å². The molecule has 7 rings (SSSR count). The molecule has 224 valence electrons. The first-order valence-electron chi connectivity index (χ1n) is 15.3. The number of rotatable bonds is 7. The molecule has 2 aliphatic rings. The van der Waals surface area contributed by atoms with Crippen molar-refractivity contribution in [2.45, 2.75) is 37.7 Å². The van der Waals surface area contributed by atoms with Crippen LogP contribution in [0.15, 0.2) is 91.4 Å². The predicted molar refractivity (Wildman–Crippen MR) is 171 cm³/mol. The van der Waals surface area contributed by atoms with Crippen LogP contribution in [-0.2, 0) is 18.4 Å². The number of amides is 1. The minimum atomic E-state index is -0.866. The first-order chi connectivity index (χ1) is 21.4. The maximum atomic E-state index is 13.2. The molecule has 2 aliphatic heterocycles. The number of benzene rings is 2. The number of carbonyl (C=O) groups is 1. The van der Waals surface area contributed by atoms with E-state index in [4.69, 9.17) is 21.7 Å². The van der Waals surface area contributed by atoms with Crippen LogP contribution in [0.5, 0.6) is 0 Å². The van der Waals surface area contributed by atoms with Gasteiger partial charge in [-0.2, -0.15) is 5.10 Å². The highest BCUT2D eigenvalue weighted by Crippen LogP contribution is 2.36. The maximum Gasteiger partial charge on any atom is 0.253 e. The Morgan fingerprint density at radius 2 is 1.75 bits per heavy atom. The summed E-state index contributed by atoms with van der Waals surface area (Å²) in [6.07, 6.45) is 9.40. The molecule has 0 radical (unpaired) electrons. The quantitative estimate of drug-likeness (QED) is 0.261. The van der Waals surface area contributed by atoms with Crippen molar-refractivity contribution in [1.29, 1.82) is 0 Å². The number of aromatic nitrogens is 4. The molecule has 9 heteroatoms. The summed E-state index contributed by atoms with van der Waals surface area (Å²) in [7, 11) is 0. The fourth-order valence-electron chi connectivity index (χ4n) is 6.59. The highest BCUT2D eigenvalue weighted by atomic mass is 35.5. The summed E-state index contributed by atoms with van der Waals surface area (Å²) in [6, 6.07) is 23.5. The lowest BCUT2D eigenvalue weighted by Crippen LogP contribution is -2.42. The van der Waals surface area contributed by atoms with E-state index in [-0.39, 0.29) is 5.91 Å². The average Bonchev–Trinajstić information content (AvgIpc) is 3.69. The molecule has 44 heavy (non-hydrogen) atoms. The molecule has 0 aliphatic carbocycles. The van der Waals surface area contributed by atoms with Gasteiger partial charge in [0.15, 0.2) is 11.5 Å². The van der Waals surface area contributed by atoms with E-state index < -0.39 is 5.60 Å². The van der Waals surface area contributed by atoms with E-state index in [0.717, 1.165) is 54.2 Å². The van der Waals surface area contributed by atoms with E-state index in [0.29, 0.717) is 48.9 Å². The van der Waals surface area contributed by atoms with Gasteiger partial charge in [-0.15, -0.1) is 0 Å². The summed E-state index contributed by atoms with van der Waals surface area (Å²) < 4.78 is 1.83. The van der Waals surface area contributed by atoms with Crippen LogP contribution in [0.25, 0.3) is 5.65 Å². The molecule has 0 saturated carbocycles. The van der Waals surface area contributed by atoms with Crippen molar-refractivity contribution in [2.75, 3.05) is 31.1 Å². The van der Waals surface area contributed by atoms with Crippen LogP contribution < -0.4 is 4.90 Å². The largest absolute Gasteiger partial charge is 0.385 e. The number of pyridine rings is 2. The van der Waals surface area contributed by atoms with Crippen molar-refractivity contribution in [3.63, 3.8) is 0 Å². The number of nitrogens with zero attached hydrogens (tertiary/aromatic N) is 6. The van der Waals surface area contributed by atoms with Crippen molar-refractivity contribution in [3.05, 3.63) is 124 Å². The normalized spacial score (nSPS) is 18.2. The van der Waals surface area contributed by atoms with Gasteiger partial charge in [-0.25, -0.2) is 9.50 Å². The smallest absolute Gasteiger partial charge is 0.253 e. The van der Waals surface area contributed by atoms with Crippen LogP contribution in [-0.4, -0.2) is 61.7 Å². The van der Waals surface area contributed by atoms with Crippen LogP contribution in [0.1, 0.15) is 52.1 Å². The second-order valence-corrected chi connectivity index (χ2v) is 12.5. The van der Waals surface area contributed by atoms with Crippen LogP contribution in [0.3, 0.4) is 0 Å². The number of likely N-dealkylation sites (tertiary alicyclic amines) is 1. The molecule has 3 aromatic heterocycles. The van der Waals surface area contributed by atoms with Gasteiger partial charge in [0.25, 0.3) is 5.91 Å². The third-order valence-electron chi connectivity index (χ3n) is 9.08. The molecule has 2 aromatic carbocycles. The van der Waals surface area contributed by atoms with Gasteiger partial charge in [0.05, 0.1) is 11.3 Å². The summed E-state index contributed by atoms with van der Waals surface area (Å²) in [5, 5.41) is 16.7. The predicted octanol–water partition coefficient (Wildman–Crippen LogP) is 5.56. The zero-order chi connectivity index (χ0) is 30.1. The monoisotopic (exact) mass is 606 g/mol. The van der Waals surface area contributed by atoms with E-state index >= 15 is 0 Å². The van der Waals surface area contributed by atoms with Gasteiger partial charge in [-0.1, -0.05) is 41.9 Å². The van der Waals surface area contributed by atoms with Crippen LogP contribution in [0.4, 0.5) is 5.69 Å². The molecular weight excluding hydrogens is 572 g/mol. The van der Waals surface area contributed by atoms with E-state index in [1.54, 1.807) is 6.20 Å². The standard InChI is InChI=1S/C35H35ClN6O2/c36-30-11-9-29(10-12-30)35(44)14-19-40(20-15-35)31-4-2-17-42-33(31)38-32(39-42)22-25-5-7-28(8-6-25)34(43)41-18-13-27(24-41)21-26-3-1-16-37-23-26/h1-12,16-17,23,27,44H,13-15,18-22,24H2. The summed E-state index contributed by atoms with van der Waals surface area (Å²) >= 11 is 6.06.